The number of carbonyl (C=O) groups excluding carboxylic acids is 1. The highest BCUT2D eigenvalue weighted by Crippen LogP contribution is 2.33. The van der Waals surface area contributed by atoms with Crippen molar-refractivity contribution in [1.29, 1.82) is 0 Å². The van der Waals surface area contributed by atoms with Crippen molar-refractivity contribution in [3.05, 3.63) is 76.9 Å². The summed E-state index contributed by atoms with van der Waals surface area (Å²) in [7, 11) is 1.24. The van der Waals surface area contributed by atoms with E-state index in [0.29, 0.717) is 33.3 Å². The molecule has 1 atom stereocenters. The minimum absolute atomic E-state index is 0.358. The Hall–Kier alpha value is -3.22. The SMILES string of the molecule is COC(=O)C(O)c1c(C)nc2cc(-c3cccc(Cl)c3)nn2c1-c1ccccc1. The molecule has 0 aliphatic carbocycles. The standard InChI is InChI=1S/C22H18ClN3O3/c1-13-19(21(27)22(28)29-2)20(14-7-4-3-5-8-14)26-18(24-13)12-17(25-26)15-9-6-10-16(23)11-15/h3-12,21,27H,1-2H3. The maximum atomic E-state index is 12.1. The minimum Gasteiger partial charge on any atom is -0.467 e. The van der Waals surface area contributed by atoms with Gasteiger partial charge >= 0.3 is 5.97 Å². The molecule has 7 heteroatoms. The predicted octanol–water partition coefficient (Wildman–Crippen LogP) is 4.23. The summed E-state index contributed by atoms with van der Waals surface area (Å²) >= 11 is 6.13. The zero-order valence-corrected chi connectivity index (χ0v) is 16.6. The fourth-order valence-electron chi connectivity index (χ4n) is 3.35. The topological polar surface area (TPSA) is 76.7 Å². The molecule has 4 aromatic rings. The maximum absolute atomic E-state index is 12.1. The molecule has 146 valence electrons. The van der Waals surface area contributed by atoms with E-state index in [9.17, 15) is 9.90 Å². The summed E-state index contributed by atoms with van der Waals surface area (Å²) in [6.07, 6.45) is -1.48. The van der Waals surface area contributed by atoms with Crippen molar-refractivity contribution >= 4 is 23.2 Å². The smallest absolute Gasteiger partial charge is 0.339 e. The molecule has 4 rings (SSSR count). The number of nitrogens with zero attached hydrogens (tertiary/aromatic N) is 3. The number of aliphatic hydroxyl groups is 1. The summed E-state index contributed by atoms with van der Waals surface area (Å²) in [5, 5.41) is 16.0. The van der Waals surface area contributed by atoms with Crippen molar-refractivity contribution in [2.75, 3.05) is 7.11 Å². The summed E-state index contributed by atoms with van der Waals surface area (Å²) in [5.74, 6) is -0.756. The van der Waals surface area contributed by atoms with E-state index >= 15 is 0 Å². The number of methoxy groups -OCH3 is 1. The molecule has 1 N–H and O–H groups in total. The summed E-state index contributed by atoms with van der Waals surface area (Å²) in [6.45, 7) is 1.75. The molecule has 29 heavy (non-hydrogen) atoms. The van der Waals surface area contributed by atoms with Crippen LogP contribution in [-0.4, -0.2) is 32.8 Å². The van der Waals surface area contributed by atoms with Crippen LogP contribution in [0.25, 0.3) is 28.2 Å². The first-order valence-electron chi connectivity index (χ1n) is 8.97. The van der Waals surface area contributed by atoms with Crippen LogP contribution in [0.2, 0.25) is 5.02 Å². The van der Waals surface area contributed by atoms with Crippen LogP contribution in [0.1, 0.15) is 17.4 Å². The van der Waals surface area contributed by atoms with E-state index in [2.05, 4.69) is 4.98 Å². The number of aryl methyl sites for hydroxylation is 1. The molecular formula is C22H18ClN3O3. The van der Waals surface area contributed by atoms with Gasteiger partial charge in [0.2, 0.25) is 0 Å². The first-order chi connectivity index (χ1) is 14.0. The van der Waals surface area contributed by atoms with Gasteiger partial charge < -0.3 is 9.84 Å². The second kappa shape index (κ2) is 7.66. The zero-order valence-electron chi connectivity index (χ0n) is 15.8. The predicted molar refractivity (Wildman–Crippen MR) is 111 cm³/mol. The van der Waals surface area contributed by atoms with E-state index in [1.807, 2.05) is 54.6 Å². The van der Waals surface area contributed by atoms with E-state index in [0.717, 1.165) is 11.1 Å². The molecule has 0 radical (unpaired) electrons. The maximum Gasteiger partial charge on any atom is 0.339 e. The van der Waals surface area contributed by atoms with Crippen LogP contribution in [0, 0.1) is 6.92 Å². The second-order valence-electron chi connectivity index (χ2n) is 6.56. The molecule has 0 fully saturated rings. The number of fused-ring (bicyclic) bond motifs is 1. The quantitative estimate of drug-likeness (QED) is 0.512. The van der Waals surface area contributed by atoms with Crippen LogP contribution in [0.3, 0.4) is 0 Å². The third-order valence-electron chi connectivity index (χ3n) is 4.70. The van der Waals surface area contributed by atoms with Gasteiger partial charge in [-0.05, 0) is 19.1 Å². The molecule has 0 aliphatic heterocycles. The number of ether oxygens (including phenoxy) is 1. The molecule has 2 aromatic heterocycles. The van der Waals surface area contributed by atoms with Gasteiger partial charge in [-0.2, -0.15) is 5.10 Å². The van der Waals surface area contributed by atoms with Crippen molar-refractivity contribution in [3.63, 3.8) is 0 Å². The molecule has 0 saturated carbocycles. The van der Waals surface area contributed by atoms with Crippen molar-refractivity contribution in [2.45, 2.75) is 13.0 Å². The van der Waals surface area contributed by atoms with E-state index < -0.39 is 12.1 Å². The molecule has 6 nitrogen and oxygen atoms in total. The summed E-state index contributed by atoms with van der Waals surface area (Å²) in [4.78, 5) is 16.7. The van der Waals surface area contributed by atoms with Gasteiger partial charge in [-0.25, -0.2) is 14.3 Å². The van der Waals surface area contributed by atoms with Crippen molar-refractivity contribution in [2.24, 2.45) is 0 Å². The highest BCUT2D eigenvalue weighted by molar-refractivity contribution is 6.30. The lowest BCUT2D eigenvalue weighted by molar-refractivity contribution is -0.150. The van der Waals surface area contributed by atoms with Crippen LogP contribution in [0.15, 0.2) is 60.7 Å². The lowest BCUT2D eigenvalue weighted by atomic mass is 10.00. The number of hydrogen-bond donors (Lipinski definition) is 1. The van der Waals surface area contributed by atoms with Crippen LogP contribution >= 0.6 is 11.6 Å². The number of esters is 1. The number of aromatic nitrogens is 3. The highest BCUT2D eigenvalue weighted by atomic mass is 35.5. The molecule has 2 aromatic carbocycles. The summed E-state index contributed by atoms with van der Waals surface area (Å²) in [6, 6.07) is 18.7. The van der Waals surface area contributed by atoms with Crippen molar-refractivity contribution in [3.8, 4) is 22.5 Å². The lowest BCUT2D eigenvalue weighted by Gasteiger charge is -2.17. The van der Waals surface area contributed by atoms with Gasteiger partial charge in [-0.3, -0.25) is 0 Å². The third kappa shape index (κ3) is 3.48. The Morgan fingerprint density at radius 2 is 1.83 bits per heavy atom. The Bertz CT molecular complexity index is 1200. The molecule has 1 unspecified atom stereocenters. The second-order valence-corrected chi connectivity index (χ2v) is 7.00. The Labute approximate surface area is 172 Å². The number of halogens is 1. The molecule has 0 amide bonds. The normalized spacial score (nSPS) is 12.1. The molecule has 0 saturated heterocycles. The van der Waals surface area contributed by atoms with Gasteiger partial charge in [-0.15, -0.1) is 0 Å². The van der Waals surface area contributed by atoms with Crippen LogP contribution in [0.4, 0.5) is 0 Å². The summed E-state index contributed by atoms with van der Waals surface area (Å²) < 4.78 is 6.39. The molecule has 2 heterocycles. The van der Waals surface area contributed by atoms with Crippen molar-refractivity contribution in [1.82, 2.24) is 14.6 Å². The van der Waals surface area contributed by atoms with E-state index in [-0.39, 0.29) is 0 Å². The average molecular weight is 408 g/mol. The van der Waals surface area contributed by atoms with Gasteiger partial charge in [-0.1, -0.05) is 54.1 Å². The molecule has 0 spiro atoms. The zero-order chi connectivity index (χ0) is 20.5. The fourth-order valence-corrected chi connectivity index (χ4v) is 3.54. The molecular weight excluding hydrogens is 390 g/mol. The minimum atomic E-state index is -1.48. The monoisotopic (exact) mass is 407 g/mol. The van der Waals surface area contributed by atoms with Gasteiger partial charge in [0.15, 0.2) is 11.8 Å². The lowest BCUT2D eigenvalue weighted by Crippen LogP contribution is -2.18. The van der Waals surface area contributed by atoms with Gasteiger partial charge in [0.25, 0.3) is 0 Å². The molecule has 0 bridgehead atoms. The van der Waals surface area contributed by atoms with Gasteiger partial charge in [0.1, 0.15) is 0 Å². The number of rotatable bonds is 4. The Balaban J connectivity index is 2.03. The summed E-state index contributed by atoms with van der Waals surface area (Å²) in [5.41, 5.74) is 4.37. The highest BCUT2D eigenvalue weighted by Gasteiger charge is 2.27. The van der Waals surface area contributed by atoms with Crippen LogP contribution in [-0.2, 0) is 9.53 Å². The average Bonchev–Trinajstić information content (AvgIpc) is 3.16. The van der Waals surface area contributed by atoms with E-state index in [1.165, 1.54) is 7.11 Å². The van der Waals surface area contributed by atoms with Crippen LogP contribution in [0.5, 0.6) is 0 Å². The Morgan fingerprint density at radius 1 is 1.10 bits per heavy atom. The van der Waals surface area contributed by atoms with Crippen molar-refractivity contribution < 1.29 is 14.6 Å². The number of benzene rings is 2. The first kappa shape index (κ1) is 19.1. The largest absolute Gasteiger partial charge is 0.467 e. The van der Waals surface area contributed by atoms with E-state index in [4.69, 9.17) is 21.4 Å². The van der Waals surface area contributed by atoms with E-state index in [1.54, 1.807) is 17.5 Å². The number of hydrogen-bond acceptors (Lipinski definition) is 5. The van der Waals surface area contributed by atoms with Gasteiger partial charge in [0.05, 0.1) is 18.5 Å². The Kier molecular flexibility index (Phi) is 5.05. The first-order valence-corrected chi connectivity index (χ1v) is 9.35. The van der Waals surface area contributed by atoms with Crippen LogP contribution < -0.4 is 0 Å². The number of aliphatic hydroxyl groups excluding tert-OH is 1. The number of carbonyl (C=O) groups is 1. The Morgan fingerprint density at radius 3 is 2.52 bits per heavy atom. The fraction of sp³-hybridized carbons (Fsp3) is 0.136. The third-order valence-corrected chi connectivity index (χ3v) is 4.93. The molecule has 0 aliphatic rings. The van der Waals surface area contributed by atoms with Gasteiger partial charge in [0, 0.05) is 33.5 Å².